The molecule has 0 aliphatic carbocycles. The van der Waals surface area contributed by atoms with Gasteiger partial charge in [0.15, 0.2) is 12.4 Å². The van der Waals surface area contributed by atoms with Crippen LogP contribution < -0.4 is 15.5 Å². The zero-order chi connectivity index (χ0) is 12.0. The van der Waals surface area contributed by atoms with Gasteiger partial charge >= 0.3 is 0 Å². The Kier molecular flexibility index (Phi) is 4.57. The van der Waals surface area contributed by atoms with E-state index in [2.05, 4.69) is 10.3 Å². The van der Waals surface area contributed by atoms with Crippen molar-refractivity contribution in [3.8, 4) is 5.75 Å². The normalized spacial score (nSPS) is 9.88. The zero-order valence-electron chi connectivity index (χ0n) is 9.50. The Balaban J connectivity index is 2.55. The summed E-state index contributed by atoms with van der Waals surface area (Å²) in [6, 6.07) is 1.37. The maximum atomic E-state index is 11.4. The van der Waals surface area contributed by atoms with E-state index < -0.39 is 0 Å². The van der Waals surface area contributed by atoms with E-state index in [-0.39, 0.29) is 23.7 Å². The molecule has 0 aromatic carbocycles. The van der Waals surface area contributed by atoms with E-state index in [4.69, 9.17) is 4.74 Å². The fourth-order valence-electron chi connectivity index (χ4n) is 1.20. The van der Waals surface area contributed by atoms with E-state index in [9.17, 15) is 9.59 Å². The van der Waals surface area contributed by atoms with E-state index in [1.165, 1.54) is 6.07 Å². The molecule has 2 N–H and O–H groups in total. The van der Waals surface area contributed by atoms with Crippen molar-refractivity contribution in [1.29, 1.82) is 0 Å². The van der Waals surface area contributed by atoms with Gasteiger partial charge in [0.2, 0.25) is 5.43 Å². The van der Waals surface area contributed by atoms with Crippen LogP contribution >= 0.6 is 0 Å². The van der Waals surface area contributed by atoms with Crippen molar-refractivity contribution in [2.75, 3.05) is 13.2 Å². The minimum Gasteiger partial charge on any atom is -0.478 e. The van der Waals surface area contributed by atoms with Gasteiger partial charge in [-0.25, -0.2) is 0 Å². The van der Waals surface area contributed by atoms with Gasteiger partial charge in [0.1, 0.15) is 0 Å². The number of aromatic nitrogens is 1. The van der Waals surface area contributed by atoms with Crippen LogP contribution in [0.2, 0.25) is 0 Å². The van der Waals surface area contributed by atoms with Gasteiger partial charge in [-0.3, -0.25) is 9.59 Å². The van der Waals surface area contributed by atoms with Gasteiger partial charge in [0.05, 0.1) is 5.69 Å². The molecule has 0 bridgehead atoms. The Labute approximate surface area is 93.8 Å². The molecule has 5 nitrogen and oxygen atoms in total. The summed E-state index contributed by atoms with van der Waals surface area (Å²) in [6.07, 6.45) is 2.42. The highest BCUT2D eigenvalue weighted by Crippen LogP contribution is 2.06. The number of aromatic amines is 1. The zero-order valence-corrected chi connectivity index (χ0v) is 9.50. The number of rotatable bonds is 5. The van der Waals surface area contributed by atoms with Gasteiger partial charge in [-0.2, -0.15) is 0 Å². The van der Waals surface area contributed by atoms with Crippen LogP contribution in [0.4, 0.5) is 0 Å². The number of nitrogens with one attached hydrogen (secondary N) is 2. The number of ether oxygens (including phenoxy) is 1. The van der Waals surface area contributed by atoms with Gasteiger partial charge in [-0.15, -0.1) is 0 Å². The highest BCUT2D eigenvalue weighted by atomic mass is 16.5. The van der Waals surface area contributed by atoms with Crippen LogP contribution in [0.15, 0.2) is 17.1 Å². The average Bonchev–Trinajstić information content (AvgIpc) is 2.25. The second-order valence-corrected chi connectivity index (χ2v) is 3.43. The minimum atomic E-state index is -0.223. The minimum absolute atomic E-state index is 0.131. The Morgan fingerprint density at radius 2 is 2.31 bits per heavy atom. The van der Waals surface area contributed by atoms with Crippen molar-refractivity contribution in [3.05, 3.63) is 28.2 Å². The third kappa shape index (κ3) is 3.42. The van der Waals surface area contributed by atoms with E-state index in [0.29, 0.717) is 12.2 Å². The van der Waals surface area contributed by atoms with Crippen LogP contribution in [0, 0.1) is 6.92 Å². The number of carbonyl (C=O) groups excluding carboxylic acids is 1. The Hall–Kier alpha value is -1.78. The second-order valence-electron chi connectivity index (χ2n) is 3.43. The molecule has 0 saturated heterocycles. The molecule has 0 atom stereocenters. The molecule has 1 rings (SSSR count). The molecule has 0 radical (unpaired) electrons. The summed E-state index contributed by atoms with van der Waals surface area (Å²) in [6.45, 7) is 4.17. The molecule has 0 aliphatic heterocycles. The number of hydrogen-bond acceptors (Lipinski definition) is 3. The predicted molar refractivity (Wildman–Crippen MR) is 60.6 cm³/mol. The largest absolute Gasteiger partial charge is 0.478 e. The summed E-state index contributed by atoms with van der Waals surface area (Å²) in [4.78, 5) is 25.5. The summed E-state index contributed by atoms with van der Waals surface area (Å²) < 4.78 is 5.17. The monoisotopic (exact) mass is 224 g/mol. The van der Waals surface area contributed by atoms with E-state index in [0.717, 1.165) is 6.42 Å². The lowest BCUT2D eigenvalue weighted by atomic mass is 10.3. The number of amides is 1. The number of carbonyl (C=O) groups is 1. The molecular weight excluding hydrogens is 208 g/mol. The van der Waals surface area contributed by atoms with Gasteiger partial charge in [-0.1, -0.05) is 6.92 Å². The van der Waals surface area contributed by atoms with Crippen molar-refractivity contribution in [2.24, 2.45) is 0 Å². The first-order chi connectivity index (χ1) is 7.65. The molecule has 16 heavy (non-hydrogen) atoms. The summed E-state index contributed by atoms with van der Waals surface area (Å²) in [5.41, 5.74) is 0.398. The topological polar surface area (TPSA) is 71.2 Å². The summed E-state index contributed by atoms with van der Waals surface area (Å²) in [5, 5.41) is 2.67. The first kappa shape index (κ1) is 12.3. The molecule has 0 fully saturated rings. The molecule has 88 valence electrons. The SMILES string of the molecule is CCCNC(=O)COc1c(C)[nH]ccc1=O. The predicted octanol–water partition coefficient (Wildman–Crippen LogP) is 0.588. The molecule has 1 aromatic rings. The van der Waals surface area contributed by atoms with Crippen molar-refractivity contribution in [1.82, 2.24) is 10.3 Å². The Bertz CT molecular complexity index is 412. The number of hydrogen-bond donors (Lipinski definition) is 2. The molecule has 1 heterocycles. The van der Waals surface area contributed by atoms with Crippen LogP contribution in [0.3, 0.4) is 0 Å². The lowest BCUT2D eigenvalue weighted by Gasteiger charge is -2.07. The smallest absolute Gasteiger partial charge is 0.257 e. The average molecular weight is 224 g/mol. The van der Waals surface area contributed by atoms with Crippen molar-refractivity contribution in [3.63, 3.8) is 0 Å². The van der Waals surface area contributed by atoms with Gasteiger partial charge in [0, 0.05) is 18.8 Å². The maximum Gasteiger partial charge on any atom is 0.257 e. The second kappa shape index (κ2) is 5.95. The lowest BCUT2D eigenvalue weighted by molar-refractivity contribution is -0.123. The fourth-order valence-corrected chi connectivity index (χ4v) is 1.20. The van der Waals surface area contributed by atoms with Crippen LogP contribution in [0.25, 0.3) is 0 Å². The maximum absolute atomic E-state index is 11.4. The van der Waals surface area contributed by atoms with E-state index in [1.807, 2.05) is 6.92 Å². The molecule has 0 saturated carbocycles. The van der Waals surface area contributed by atoms with Gasteiger partial charge in [0.25, 0.3) is 5.91 Å². The Morgan fingerprint density at radius 1 is 1.56 bits per heavy atom. The van der Waals surface area contributed by atoms with E-state index >= 15 is 0 Å². The van der Waals surface area contributed by atoms with Crippen molar-refractivity contribution >= 4 is 5.91 Å². The van der Waals surface area contributed by atoms with Crippen LogP contribution in [0.5, 0.6) is 5.75 Å². The highest BCUT2D eigenvalue weighted by Gasteiger charge is 2.07. The highest BCUT2D eigenvalue weighted by molar-refractivity contribution is 5.77. The van der Waals surface area contributed by atoms with Crippen molar-refractivity contribution in [2.45, 2.75) is 20.3 Å². The van der Waals surface area contributed by atoms with Crippen LogP contribution in [-0.2, 0) is 4.79 Å². The summed E-state index contributed by atoms with van der Waals surface area (Å²) in [5.74, 6) is -0.0151. The summed E-state index contributed by atoms with van der Waals surface area (Å²) >= 11 is 0. The Morgan fingerprint density at radius 3 is 2.94 bits per heavy atom. The first-order valence-electron chi connectivity index (χ1n) is 5.23. The number of H-pyrrole nitrogens is 1. The number of aryl methyl sites for hydroxylation is 1. The molecule has 0 aliphatic rings. The summed E-state index contributed by atoms with van der Waals surface area (Å²) in [7, 11) is 0. The first-order valence-corrected chi connectivity index (χ1v) is 5.23. The van der Waals surface area contributed by atoms with E-state index in [1.54, 1.807) is 13.1 Å². The molecule has 1 aromatic heterocycles. The lowest BCUT2D eigenvalue weighted by Crippen LogP contribution is -2.30. The quantitative estimate of drug-likeness (QED) is 0.769. The third-order valence-corrected chi connectivity index (χ3v) is 2.02. The molecular formula is C11H16N2O3. The van der Waals surface area contributed by atoms with Crippen molar-refractivity contribution < 1.29 is 9.53 Å². The number of pyridine rings is 1. The standard InChI is InChI=1S/C11H16N2O3/c1-3-5-13-10(15)7-16-11-8(2)12-6-4-9(11)14/h4,6H,3,5,7H2,1-2H3,(H,12,14)(H,13,15). The van der Waals surface area contributed by atoms with Gasteiger partial charge < -0.3 is 15.0 Å². The fraction of sp³-hybridized carbons (Fsp3) is 0.455. The van der Waals surface area contributed by atoms with Crippen LogP contribution in [-0.4, -0.2) is 24.0 Å². The van der Waals surface area contributed by atoms with Crippen LogP contribution in [0.1, 0.15) is 19.0 Å². The van der Waals surface area contributed by atoms with Gasteiger partial charge in [-0.05, 0) is 13.3 Å². The molecule has 0 spiro atoms. The molecule has 1 amide bonds. The third-order valence-electron chi connectivity index (χ3n) is 2.02. The molecule has 5 heteroatoms. The molecule has 0 unspecified atom stereocenters.